The molecular weight excluding hydrogens is 314 g/mol. The topological polar surface area (TPSA) is 90.9 Å². The first kappa shape index (κ1) is 19.5. The summed E-state index contributed by atoms with van der Waals surface area (Å²) in [5, 5.41) is 2.50. The lowest BCUT2D eigenvalue weighted by molar-refractivity contribution is -0.151. The third-order valence-corrected chi connectivity index (χ3v) is 2.99. The number of ether oxygens (including phenoxy) is 3. The standard InChI is InChI=1S/C17H23NO6/c1-12(2)9-14(17(21)22-3)18-15(19)10-24-16(20)11-23-13-7-5-4-6-8-13/h4-8,12,14H,9-11H2,1-3H3,(H,18,19)/t14-/m1/s1. The van der Waals surface area contributed by atoms with Crippen LogP contribution in [0.1, 0.15) is 20.3 Å². The van der Waals surface area contributed by atoms with Crippen molar-refractivity contribution in [3.05, 3.63) is 30.3 Å². The monoisotopic (exact) mass is 337 g/mol. The number of para-hydroxylation sites is 1. The third-order valence-electron chi connectivity index (χ3n) is 2.99. The van der Waals surface area contributed by atoms with Crippen molar-refractivity contribution in [1.82, 2.24) is 5.32 Å². The van der Waals surface area contributed by atoms with E-state index in [-0.39, 0.29) is 12.5 Å². The van der Waals surface area contributed by atoms with Crippen molar-refractivity contribution in [1.29, 1.82) is 0 Å². The molecule has 1 aromatic rings. The Labute approximate surface area is 141 Å². The van der Waals surface area contributed by atoms with E-state index < -0.39 is 30.5 Å². The molecule has 24 heavy (non-hydrogen) atoms. The van der Waals surface area contributed by atoms with E-state index >= 15 is 0 Å². The first-order chi connectivity index (χ1) is 11.4. The predicted molar refractivity (Wildman–Crippen MR) is 86.3 cm³/mol. The average Bonchev–Trinajstić information content (AvgIpc) is 2.57. The van der Waals surface area contributed by atoms with Gasteiger partial charge in [0, 0.05) is 0 Å². The quantitative estimate of drug-likeness (QED) is 0.683. The fourth-order valence-corrected chi connectivity index (χ4v) is 1.91. The molecule has 7 heteroatoms. The number of amides is 1. The molecule has 0 unspecified atom stereocenters. The van der Waals surface area contributed by atoms with Crippen molar-refractivity contribution in [3.8, 4) is 5.75 Å². The van der Waals surface area contributed by atoms with Crippen LogP contribution in [0.15, 0.2) is 30.3 Å². The maximum absolute atomic E-state index is 11.8. The Morgan fingerprint density at radius 3 is 2.33 bits per heavy atom. The van der Waals surface area contributed by atoms with E-state index in [1.54, 1.807) is 24.3 Å². The number of esters is 2. The second-order valence-electron chi connectivity index (χ2n) is 5.54. The summed E-state index contributed by atoms with van der Waals surface area (Å²) in [4.78, 5) is 35.0. The van der Waals surface area contributed by atoms with Gasteiger partial charge in [0.1, 0.15) is 11.8 Å². The maximum Gasteiger partial charge on any atom is 0.344 e. The zero-order valence-corrected chi connectivity index (χ0v) is 14.1. The molecule has 1 aromatic carbocycles. The number of carbonyl (C=O) groups is 3. The number of benzene rings is 1. The van der Waals surface area contributed by atoms with Crippen molar-refractivity contribution in [2.45, 2.75) is 26.3 Å². The summed E-state index contributed by atoms with van der Waals surface area (Å²) in [7, 11) is 1.25. The maximum atomic E-state index is 11.8. The van der Waals surface area contributed by atoms with Gasteiger partial charge in [0.2, 0.25) is 0 Å². The van der Waals surface area contributed by atoms with Gasteiger partial charge >= 0.3 is 11.9 Å². The molecule has 1 atom stereocenters. The Hall–Kier alpha value is -2.57. The van der Waals surface area contributed by atoms with E-state index in [4.69, 9.17) is 9.47 Å². The van der Waals surface area contributed by atoms with Gasteiger partial charge in [0.05, 0.1) is 7.11 Å². The lowest BCUT2D eigenvalue weighted by Gasteiger charge is -2.18. The highest BCUT2D eigenvalue weighted by atomic mass is 16.6. The van der Waals surface area contributed by atoms with Crippen molar-refractivity contribution in [3.63, 3.8) is 0 Å². The van der Waals surface area contributed by atoms with Gasteiger partial charge in [0.15, 0.2) is 13.2 Å². The van der Waals surface area contributed by atoms with Crippen LogP contribution in [-0.4, -0.2) is 44.2 Å². The van der Waals surface area contributed by atoms with Crippen LogP contribution in [0, 0.1) is 5.92 Å². The summed E-state index contributed by atoms with van der Waals surface area (Å²) in [6, 6.07) is 8.01. The first-order valence-electron chi connectivity index (χ1n) is 7.63. The summed E-state index contributed by atoms with van der Waals surface area (Å²) >= 11 is 0. The van der Waals surface area contributed by atoms with Gasteiger partial charge in [-0.25, -0.2) is 9.59 Å². The molecule has 0 aliphatic rings. The predicted octanol–water partition coefficient (Wildman–Crippen LogP) is 1.31. The highest BCUT2D eigenvalue weighted by Crippen LogP contribution is 2.08. The molecule has 0 spiro atoms. The Balaban J connectivity index is 2.35. The van der Waals surface area contributed by atoms with Gasteiger partial charge in [-0.05, 0) is 24.5 Å². The molecule has 7 nitrogen and oxygen atoms in total. The zero-order chi connectivity index (χ0) is 17.9. The van der Waals surface area contributed by atoms with Crippen LogP contribution in [-0.2, 0) is 23.9 Å². The minimum absolute atomic E-state index is 0.191. The molecular formula is C17H23NO6. The molecule has 1 amide bonds. The van der Waals surface area contributed by atoms with Crippen LogP contribution in [0.5, 0.6) is 5.75 Å². The van der Waals surface area contributed by atoms with Crippen molar-refractivity contribution < 1.29 is 28.6 Å². The lowest BCUT2D eigenvalue weighted by atomic mass is 10.0. The van der Waals surface area contributed by atoms with Gasteiger partial charge in [-0.15, -0.1) is 0 Å². The molecule has 0 aliphatic heterocycles. The molecule has 0 saturated heterocycles. The minimum Gasteiger partial charge on any atom is -0.482 e. The molecule has 0 saturated carbocycles. The molecule has 1 N–H and O–H groups in total. The Kier molecular flexibility index (Phi) is 8.32. The Bertz CT molecular complexity index is 543. The molecule has 132 valence electrons. The van der Waals surface area contributed by atoms with Crippen LogP contribution in [0.2, 0.25) is 0 Å². The number of nitrogens with one attached hydrogen (secondary N) is 1. The van der Waals surface area contributed by atoms with E-state index in [2.05, 4.69) is 10.1 Å². The van der Waals surface area contributed by atoms with Crippen LogP contribution in [0.25, 0.3) is 0 Å². The van der Waals surface area contributed by atoms with Crippen molar-refractivity contribution >= 4 is 17.8 Å². The fraction of sp³-hybridized carbons (Fsp3) is 0.471. The van der Waals surface area contributed by atoms with Crippen LogP contribution < -0.4 is 10.1 Å². The molecule has 0 aromatic heterocycles. The summed E-state index contributed by atoms with van der Waals surface area (Å²) in [5.74, 6) is -1.06. The SMILES string of the molecule is COC(=O)[C@@H](CC(C)C)NC(=O)COC(=O)COc1ccccc1. The lowest BCUT2D eigenvalue weighted by Crippen LogP contribution is -2.44. The molecule has 1 rings (SSSR count). The molecule has 0 aliphatic carbocycles. The van der Waals surface area contributed by atoms with Gasteiger partial charge < -0.3 is 19.5 Å². The molecule has 0 fully saturated rings. The number of rotatable bonds is 9. The van der Waals surface area contributed by atoms with Crippen molar-refractivity contribution in [2.75, 3.05) is 20.3 Å². The van der Waals surface area contributed by atoms with Gasteiger partial charge in [-0.3, -0.25) is 4.79 Å². The molecule has 0 bridgehead atoms. The van der Waals surface area contributed by atoms with Crippen molar-refractivity contribution in [2.24, 2.45) is 5.92 Å². The van der Waals surface area contributed by atoms with Gasteiger partial charge in [0.25, 0.3) is 5.91 Å². The van der Waals surface area contributed by atoms with Gasteiger partial charge in [-0.1, -0.05) is 32.0 Å². The Morgan fingerprint density at radius 2 is 1.75 bits per heavy atom. The summed E-state index contributed by atoms with van der Waals surface area (Å²) in [6.45, 7) is 3.05. The molecule has 0 radical (unpaired) electrons. The zero-order valence-electron chi connectivity index (χ0n) is 14.1. The summed E-state index contributed by atoms with van der Waals surface area (Å²) in [6.07, 6.45) is 0.434. The number of hydrogen-bond donors (Lipinski definition) is 1. The van der Waals surface area contributed by atoms with Gasteiger partial charge in [-0.2, -0.15) is 0 Å². The first-order valence-corrected chi connectivity index (χ1v) is 7.63. The van der Waals surface area contributed by atoms with E-state index in [0.29, 0.717) is 12.2 Å². The van der Waals surface area contributed by atoms with E-state index in [0.717, 1.165) is 0 Å². The van der Waals surface area contributed by atoms with E-state index in [1.807, 2.05) is 19.9 Å². The minimum atomic E-state index is -0.762. The largest absolute Gasteiger partial charge is 0.482 e. The fourth-order valence-electron chi connectivity index (χ4n) is 1.91. The Morgan fingerprint density at radius 1 is 1.08 bits per heavy atom. The normalized spacial score (nSPS) is 11.5. The van der Waals surface area contributed by atoms with Crippen LogP contribution >= 0.6 is 0 Å². The number of carbonyl (C=O) groups excluding carboxylic acids is 3. The summed E-state index contributed by atoms with van der Waals surface area (Å²) < 4.78 is 14.7. The molecule has 0 heterocycles. The second kappa shape index (κ2) is 10.3. The van der Waals surface area contributed by atoms with E-state index in [9.17, 15) is 14.4 Å². The van der Waals surface area contributed by atoms with Crippen LogP contribution in [0.3, 0.4) is 0 Å². The second-order valence-corrected chi connectivity index (χ2v) is 5.54. The smallest absolute Gasteiger partial charge is 0.344 e. The number of hydrogen-bond acceptors (Lipinski definition) is 6. The van der Waals surface area contributed by atoms with Crippen LogP contribution in [0.4, 0.5) is 0 Å². The highest BCUT2D eigenvalue weighted by molar-refractivity contribution is 5.86. The number of methoxy groups -OCH3 is 1. The summed E-state index contributed by atoms with van der Waals surface area (Å²) in [5.41, 5.74) is 0. The average molecular weight is 337 g/mol. The highest BCUT2D eigenvalue weighted by Gasteiger charge is 2.23. The van der Waals surface area contributed by atoms with E-state index in [1.165, 1.54) is 7.11 Å². The third kappa shape index (κ3) is 7.62.